The summed E-state index contributed by atoms with van der Waals surface area (Å²) in [6.07, 6.45) is 5.64. The number of aryl methyl sites for hydroxylation is 1. The molecule has 0 saturated carbocycles. The number of para-hydroxylation sites is 1. The Bertz CT molecular complexity index is 2030. The molecule has 0 radical (unpaired) electrons. The van der Waals surface area contributed by atoms with E-state index in [1.165, 1.54) is 4.52 Å². The van der Waals surface area contributed by atoms with Gasteiger partial charge in [-0.1, -0.05) is 72.0 Å². The molecule has 8 nitrogen and oxygen atoms in total. The molecule has 0 bridgehead atoms. The first-order chi connectivity index (χ1) is 20.0. The Balaban J connectivity index is 1.44. The first-order valence-electron chi connectivity index (χ1n) is 13.0. The highest BCUT2D eigenvalue weighted by Gasteiger charge is 2.15. The molecule has 0 spiro atoms. The van der Waals surface area contributed by atoms with Gasteiger partial charge in [0.15, 0.2) is 0 Å². The second-order valence-electron chi connectivity index (χ2n) is 9.47. The van der Waals surface area contributed by atoms with Gasteiger partial charge in [-0.3, -0.25) is 9.59 Å². The summed E-state index contributed by atoms with van der Waals surface area (Å²) < 4.78 is 9.02. The van der Waals surface area contributed by atoms with Gasteiger partial charge in [-0.2, -0.15) is 19.7 Å². The molecule has 6 rings (SSSR count). The van der Waals surface area contributed by atoms with Gasteiger partial charge in [-0.15, -0.1) is 0 Å². The molecule has 41 heavy (non-hydrogen) atoms. The summed E-state index contributed by atoms with van der Waals surface area (Å²) in [5, 5.41) is 9.25. The molecule has 3 aromatic heterocycles. The fraction of sp³-hybridized carbons (Fsp3) is 0.0938. The molecule has 3 heterocycles. The normalized spacial score (nSPS) is 11.7. The summed E-state index contributed by atoms with van der Waals surface area (Å²) in [5.74, 6) is 0.719. The molecule has 0 amide bonds. The number of hydrogen-bond acceptors (Lipinski definition) is 7. The fourth-order valence-corrected chi connectivity index (χ4v) is 5.28. The lowest BCUT2D eigenvalue weighted by Gasteiger charge is -2.04. The van der Waals surface area contributed by atoms with Crippen molar-refractivity contribution in [3.8, 4) is 22.7 Å². The van der Waals surface area contributed by atoms with Crippen LogP contribution in [0.2, 0.25) is 0 Å². The third-order valence-electron chi connectivity index (χ3n) is 6.49. The van der Waals surface area contributed by atoms with E-state index < -0.39 is 5.56 Å². The Kier molecular flexibility index (Phi) is 7.09. The highest BCUT2D eigenvalue weighted by Crippen LogP contribution is 2.26. The van der Waals surface area contributed by atoms with Crippen molar-refractivity contribution in [2.45, 2.75) is 13.3 Å². The second kappa shape index (κ2) is 11.1. The van der Waals surface area contributed by atoms with E-state index in [1.807, 2.05) is 92.0 Å². The van der Waals surface area contributed by atoms with Crippen LogP contribution in [-0.4, -0.2) is 31.0 Å². The van der Waals surface area contributed by atoms with E-state index in [9.17, 15) is 9.59 Å². The molecule has 6 aromatic rings. The zero-order chi connectivity index (χ0) is 28.3. The molecule has 0 saturated heterocycles. The molecule has 202 valence electrons. The van der Waals surface area contributed by atoms with Crippen molar-refractivity contribution in [2.24, 2.45) is 0 Å². The molecule has 0 aliphatic rings. The summed E-state index contributed by atoms with van der Waals surface area (Å²) in [4.78, 5) is 30.6. The van der Waals surface area contributed by atoms with E-state index in [4.69, 9.17) is 9.84 Å². The Labute approximate surface area is 239 Å². The molecular weight excluding hydrogens is 534 g/mol. The minimum Gasteiger partial charge on any atom is -0.490 e. The second-order valence-corrected chi connectivity index (χ2v) is 10.5. The first-order valence-corrected chi connectivity index (χ1v) is 13.8. The molecule has 9 heteroatoms. The first kappa shape index (κ1) is 26.1. The Morgan fingerprint density at radius 2 is 1.71 bits per heavy atom. The summed E-state index contributed by atoms with van der Waals surface area (Å²) in [7, 11) is 0. The van der Waals surface area contributed by atoms with Gasteiger partial charge in [0, 0.05) is 23.7 Å². The van der Waals surface area contributed by atoms with Crippen molar-refractivity contribution < 1.29 is 4.74 Å². The third kappa shape index (κ3) is 5.48. The quantitative estimate of drug-likeness (QED) is 0.257. The Morgan fingerprint density at radius 3 is 2.44 bits per heavy atom. The van der Waals surface area contributed by atoms with Crippen LogP contribution in [0.4, 0.5) is 0 Å². The van der Waals surface area contributed by atoms with Crippen LogP contribution in [0.25, 0.3) is 28.0 Å². The predicted molar refractivity (Wildman–Crippen MR) is 161 cm³/mol. The largest absolute Gasteiger partial charge is 0.490 e. The lowest BCUT2D eigenvalue weighted by Crippen LogP contribution is -2.28. The van der Waals surface area contributed by atoms with Crippen LogP contribution in [-0.2, 0) is 6.42 Å². The number of thiazole rings is 1. The molecular formula is C32H25N5O3S. The molecule has 0 atom stereocenters. The number of benzene rings is 3. The summed E-state index contributed by atoms with van der Waals surface area (Å²) in [6.45, 7) is 6.10. The van der Waals surface area contributed by atoms with Gasteiger partial charge in [-0.05, 0) is 55.0 Å². The Hall–Kier alpha value is -5.15. The number of nitrogens with zero attached hydrogens (tertiary/aromatic N) is 5. The van der Waals surface area contributed by atoms with E-state index >= 15 is 0 Å². The highest BCUT2D eigenvalue weighted by atomic mass is 32.1. The van der Waals surface area contributed by atoms with E-state index in [-0.39, 0.29) is 16.2 Å². The van der Waals surface area contributed by atoms with Gasteiger partial charge >= 0.3 is 0 Å². The van der Waals surface area contributed by atoms with Crippen LogP contribution < -0.4 is 20.4 Å². The molecule has 0 unspecified atom stereocenters. The van der Waals surface area contributed by atoms with Gasteiger partial charge in [0.05, 0.1) is 10.2 Å². The average molecular weight is 560 g/mol. The zero-order valence-corrected chi connectivity index (χ0v) is 23.0. The van der Waals surface area contributed by atoms with E-state index in [0.717, 1.165) is 45.0 Å². The van der Waals surface area contributed by atoms with Crippen molar-refractivity contribution in [2.75, 3.05) is 6.61 Å². The maximum absolute atomic E-state index is 13.4. The number of hydrogen-bond donors (Lipinski definition) is 0. The summed E-state index contributed by atoms with van der Waals surface area (Å²) in [5.41, 5.74) is 4.67. The lowest BCUT2D eigenvalue weighted by molar-refractivity contribution is 0.363. The average Bonchev–Trinajstić information content (AvgIpc) is 3.55. The Morgan fingerprint density at radius 1 is 0.951 bits per heavy atom. The molecule has 0 aliphatic heterocycles. The fourth-order valence-electron chi connectivity index (χ4n) is 4.39. The van der Waals surface area contributed by atoms with Crippen molar-refractivity contribution in [3.63, 3.8) is 0 Å². The minimum absolute atomic E-state index is 0.226. The highest BCUT2D eigenvalue weighted by molar-refractivity contribution is 7.15. The SMILES string of the molecule is C=CCOc1ccc(-c2nn(-c3ccccc3)cc2C=c2sc3nc(=O)c(Cc4ccc(C)cc4)nn3c2=O)cc1. The molecule has 0 fully saturated rings. The van der Waals surface area contributed by atoms with Gasteiger partial charge in [0.25, 0.3) is 11.1 Å². The van der Waals surface area contributed by atoms with Crippen molar-refractivity contribution >= 4 is 22.4 Å². The lowest BCUT2D eigenvalue weighted by atomic mass is 10.1. The smallest absolute Gasteiger partial charge is 0.296 e. The zero-order valence-electron chi connectivity index (χ0n) is 22.2. The predicted octanol–water partition coefficient (Wildman–Crippen LogP) is 4.38. The van der Waals surface area contributed by atoms with E-state index in [0.29, 0.717) is 23.3 Å². The third-order valence-corrected chi connectivity index (χ3v) is 7.45. The van der Waals surface area contributed by atoms with Gasteiger partial charge in [0.1, 0.15) is 23.7 Å². The summed E-state index contributed by atoms with van der Waals surface area (Å²) >= 11 is 1.13. The minimum atomic E-state index is -0.435. The van der Waals surface area contributed by atoms with E-state index in [1.54, 1.807) is 16.8 Å². The van der Waals surface area contributed by atoms with Gasteiger partial charge < -0.3 is 4.74 Å². The van der Waals surface area contributed by atoms with E-state index in [2.05, 4.69) is 16.7 Å². The summed E-state index contributed by atoms with van der Waals surface area (Å²) in [6, 6.07) is 25.2. The monoisotopic (exact) mass is 559 g/mol. The van der Waals surface area contributed by atoms with Crippen LogP contribution in [0.15, 0.2) is 107 Å². The molecule has 0 N–H and O–H groups in total. The number of ether oxygens (including phenoxy) is 1. The number of aromatic nitrogens is 5. The standard InChI is InChI=1S/C32H25N5O3S/c1-3-17-40-26-15-13-23(14-16-26)29-24(20-36(35-29)25-7-5-4-6-8-25)19-28-31(39)37-32(41-28)33-30(38)27(34-37)18-22-11-9-21(2)10-12-22/h3-16,19-20H,1,17-18H2,2H3. The van der Waals surface area contributed by atoms with Crippen LogP contribution in [0.1, 0.15) is 22.4 Å². The van der Waals surface area contributed by atoms with Gasteiger partial charge in [0.2, 0.25) is 4.96 Å². The topological polar surface area (TPSA) is 91.4 Å². The molecule has 3 aromatic carbocycles. The van der Waals surface area contributed by atoms with Crippen LogP contribution in [0, 0.1) is 6.92 Å². The van der Waals surface area contributed by atoms with Crippen LogP contribution in [0.5, 0.6) is 5.75 Å². The van der Waals surface area contributed by atoms with Crippen LogP contribution >= 0.6 is 11.3 Å². The maximum Gasteiger partial charge on any atom is 0.296 e. The molecule has 0 aliphatic carbocycles. The van der Waals surface area contributed by atoms with Crippen LogP contribution in [0.3, 0.4) is 0 Å². The maximum atomic E-state index is 13.4. The van der Waals surface area contributed by atoms with Crippen molar-refractivity contribution in [1.82, 2.24) is 24.4 Å². The van der Waals surface area contributed by atoms with Crippen molar-refractivity contribution in [1.29, 1.82) is 0 Å². The van der Waals surface area contributed by atoms with Crippen molar-refractivity contribution in [3.05, 3.63) is 145 Å². The number of rotatable bonds is 8. The van der Waals surface area contributed by atoms with Gasteiger partial charge in [-0.25, -0.2) is 4.68 Å². The number of fused-ring (bicyclic) bond motifs is 1.